The zero-order chi connectivity index (χ0) is 13.8. The van der Waals surface area contributed by atoms with Crippen molar-refractivity contribution in [2.24, 2.45) is 7.05 Å². The number of benzene rings is 1. The highest BCUT2D eigenvalue weighted by Gasteiger charge is 2.16. The number of methoxy groups -OCH3 is 2. The average molecular weight is 262 g/mol. The van der Waals surface area contributed by atoms with Crippen LogP contribution in [0.4, 0.5) is 0 Å². The Morgan fingerprint density at radius 3 is 2.68 bits per heavy atom. The summed E-state index contributed by atoms with van der Waals surface area (Å²) in [6.45, 7) is 0. The Morgan fingerprint density at radius 2 is 2.11 bits per heavy atom. The molecule has 0 atom stereocenters. The lowest BCUT2D eigenvalue weighted by Gasteiger charge is -2.08. The van der Waals surface area contributed by atoms with Gasteiger partial charge in [-0.1, -0.05) is 0 Å². The maximum absolute atomic E-state index is 12.2. The number of ether oxygens (including phenoxy) is 2. The molecule has 0 fully saturated rings. The molecule has 1 aromatic heterocycles. The highest BCUT2D eigenvalue weighted by Crippen LogP contribution is 2.24. The number of aryl methyl sites for hydroxylation is 1. The van der Waals surface area contributed by atoms with E-state index in [1.165, 1.54) is 11.9 Å². The summed E-state index contributed by atoms with van der Waals surface area (Å²) in [5.41, 5.74) is 0.439. The van der Waals surface area contributed by atoms with E-state index < -0.39 is 0 Å². The fourth-order valence-corrected chi connectivity index (χ4v) is 1.66. The van der Waals surface area contributed by atoms with E-state index in [4.69, 9.17) is 9.47 Å². The van der Waals surface area contributed by atoms with Gasteiger partial charge in [-0.25, -0.2) is 0 Å². The predicted octanol–water partition coefficient (Wildman–Crippen LogP) is 0.653. The molecule has 7 heteroatoms. The Kier molecular flexibility index (Phi) is 3.74. The lowest BCUT2D eigenvalue weighted by molar-refractivity contribution is 0.0987. The second-order valence-corrected chi connectivity index (χ2v) is 3.86. The van der Waals surface area contributed by atoms with Crippen LogP contribution in [0.3, 0.4) is 0 Å². The summed E-state index contributed by atoms with van der Waals surface area (Å²) in [5, 5.41) is 11.5. The molecule has 0 saturated heterocycles. The van der Waals surface area contributed by atoms with E-state index in [1.54, 1.807) is 32.4 Å². The molecule has 0 saturated carbocycles. The fraction of sp³-hybridized carbons (Fsp3) is 0.333. The molecule has 0 unspecified atom stereocenters. The number of aromatic nitrogens is 4. The third-order valence-electron chi connectivity index (χ3n) is 2.58. The van der Waals surface area contributed by atoms with Crippen molar-refractivity contribution in [3.05, 3.63) is 29.6 Å². The number of tetrazole rings is 1. The van der Waals surface area contributed by atoms with Gasteiger partial charge in [0.2, 0.25) is 0 Å². The van der Waals surface area contributed by atoms with E-state index in [9.17, 15) is 4.79 Å². The smallest absolute Gasteiger partial charge is 0.182 e. The molecule has 7 nitrogen and oxygen atoms in total. The number of nitrogens with zero attached hydrogens (tertiary/aromatic N) is 4. The second-order valence-electron chi connectivity index (χ2n) is 3.86. The first kappa shape index (κ1) is 13.0. The van der Waals surface area contributed by atoms with Gasteiger partial charge >= 0.3 is 0 Å². The summed E-state index contributed by atoms with van der Waals surface area (Å²) < 4.78 is 10.3. The first-order valence-electron chi connectivity index (χ1n) is 5.62. The first-order chi connectivity index (χ1) is 9.13. The Labute approximate surface area is 110 Å². The normalized spacial score (nSPS) is 10.3. The van der Waals surface area contributed by atoms with Crippen molar-refractivity contribution < 1.29 is 14.3 Å². The minimum atomic E-state index is -0.149. The molecule has 0 N–H and O–H groups in total. The number of rotatable bonds is 5. The fourth-order valence-electron chi connectivity index (χ4n) is 1.66. The molecule has 0 radical (unpaired) electrons. The van der Waals surface area contributed by atoms with E-state index in [2.05, 4.69) is 15.4 Å². The van der Waals surface area contributed by atoms with Gasteiger partial charge in [0, 0.05) is 0 Å². The highest BCUT2D eigenvalue weighted by molar-refractivity contribution is 6.00. The summed E-state index contributed by atoms with van der Waals surface area (Å²) in [7, 11) is 4.70. The van der Waals surface area contributed by atoms with Gasteiger partial charge in [0.15, 0.2) is 11.6 Å². The first-order valence-corrected chi connectivity index (χ1v) is 5.62. The molecule has 0 aliphatic heterocycles. The van der Waals surface area contributed by atoms with Crippen molar-refractivity contribution in [3.63, 3.8) is 0 Å². The summed E-state index contributed by atoms with van der Waals surface area (Å²) in [4.78, 5) is 13.5. The summed E-state index contributed by atoms with van der Waals surface area (Å²) in [6, 6.07) is 5.06. The van der Waals surface area contributed by atoms with Crippen molar-refractivity contribution in [2.45, 2.75) is 6.42 Å². The van der Waals surface area contributed by atoms with Crippen molar-refractivity contribution >= 4 is 5.78 Å². The molecule has 19 heavy (non-hydrogen) atoms. The molecular weight excluding hydrogens is 248 g/mol. The van der Waals surface area contributed by atoms with Gasteiger partial charge in [0.1, 0.15) is 11.5 Å². The van der Waals surface area contributed by atoms with Crippen LogP contribution in [0.15, 0.2) is 18.2 Å². The van der Waals surface area contributed by atoms with Crippen LogP contribution in [-0.4, -0.2) is 40.2 Å². The van der Waals surface area contributed by atoms with Crippen molar-refractivity contribution in [2.75, 3.05) is 14.2 Å². The van der Waals surface area contributed by atoms with Crippen LogP contribution >= 0.6 is 0 Å². The zero-order valence-electron chi connectivity index (χ0n) is 11.0. The van der Waals surface area contributed by atoms with Crippen LogP contribution in [0, 0.1) is 0 Å². The lowest BCUT2D eigenvalue weighted by atomic mass is 10.1. The Morgan fingerprint density at radius 1 is 1.32 bits per heavy atom. The van der Waals surface area contributed by atoms with Gasteiger partial charge in [0.05, 0.1) is 33.3 Å². The molecular formula is C12H14N4O3. The molecule has 2 aromatic rings. The van der Waals surface area contributed by atoms with E-state index in [-0.39, 0.29) is 12.2 Å². The van der Waals surface area contributed by atoms with E-state index >= 15 is 0 Å². The van der Waals surface area contributed by atoms with Gasteiger partial charge in [0.25, 0.3) is 0 Å². The molecule has 100 valence electrons. The number of ketones is 1. The van der Waals surface area contributed by atoms with Crippen LogP contribution < -0.4 is 9.47 Å². The quantitative estimate of drug-likeness (QED) is 0.736. The van der Waals surface area contributed by atoms with Crippen LogP contribution in [-0.2, 0) is 13.5 Å². The maximum atomic E-state index is 12.2. The number of carbonyl (C=O) groups is 1. The maximum Gasteiger partial charge on any atom is 0.182 e. The lowest BCUT2D eigenvalue weighted by Crippen LogP contribution is -2.08. The third-order valence-corrected chi connectivity index (χ3v) is 2.58. The molecule has 0 amide bonds. The SMILES string of the molecule is COc1ccc(OC)c(C(=O)Cc2nnn(C)n2)c1. The zero-order valence-corrected chi connectivity index (χ0v) is 11.0. The summed E-state index contributed by atoms with van der Waals surface area (Å²) in [5.74, 6) is 1.31. The van der Waals surface area contributed by atoms with E-state index in [1.807, 2.05) is 0 Å². The summed E-state index contributed by atoms with van der Waals surface area (Å²) in [6.07, 6.45) is 0.0668. The molecule has 0 spiro atoms. The van der Waals surface area contributed by atoms with Crippen LogP contribution in [0.1, 0.15) is 16.2 Å². The number of hydrogen-bond acceptors (Lipinski definition) is 6. The molecule has 0 aliphatic rings. The minimum absolute atomic E-state index is 0.0668. The molecule has 0 bridgehead atoms. The number of Topliss-reactive ketones (excluding diaryl/α,β-unsaturated/α-hetero) is 1. The van der Waals surface area contributed by atoms with Gasteiger partial charge in [-0.05, 0) is 23.4 Å². The minimum Gasteiger partial charge on any atom is -0.497 e. The van der Waals surface area contributed by atoms with Gasteiger partial charge in [-0.2, -0.15) is 4.80 Å². The predicted molar refractivity (Wildman–Crippen MR) is 66.4 cm³/mol. The number of hydrogen-bond donors (Lipinski definition) is 0. The summed E-state index contributed by atoms with van der Waals surface area (Å²) >= 11 is 0. The van der Waals surface area contributed by atoms with Crippen LogP contribution in [0.5, 0.6) is 11.5 Å². The molecule has 2 rings (SSSR count). The van der Waals surface area contributed by atoms with E-state index in [0.29, 0.717) is 22.9 Å². The molecule has 0 aliphatic carbocycles. The van der Waals surface area contributed by atoms with Crippen molar-refractivity contribution in [1.29, 1.82) is 0 Å². The highest BCUT2D eigenvalue weighted by atomic mass is 16.5. The second kappa shape index (κ2) is 5.47. The largest absolute Gasteiger partial charge is 0.497 e. The molecule has 1 aromatic carbocycles. The van der Waals surface area contributed by atoms with Crippen molar-refractivity contribution in [3.8, 4) is 11.5 Å². The van der Waals surface area contributed by atoms with Crippen molar-refractivity contribution in [1.82, 2.24) is 20.2 Å². The topological polar surface area (TPSA) is 79.1 Å². The third kappa shape index (κ3) is 2.87. The Hall–Kier alpha value is -2.44. The molecule has 1 heterocycles. The average Bonchev–Trinajstić information content (AvgIpc) is 2.83. The standard InChI is InChI=1S/C12H14N4O3/c1-16-14-12(13-15-16)7-10(17)9-6-8(18-2)4-5-11(9)19-3/h4-6H,7H2,1-3H3. The van der Waals surface area contributed by atoms with E-state index in [0.717, 1.165) is 0 Å². The number of carbonyl (C=O) groups excluding carboxylic acids is 1. The van der Waals surface area contributed by atoms with Gasteiger partial charge < -0.3 is 9.47 Å². The van der Waals surface area contributed by atoms with Crippen LogP contribution in [0.2, 0.25) is 0 Å². The van der Waals surface area contributed by atoms with Gasteiger partial charge in [-0.15, -0.1) is 10.2 Å². The van der Waals surface area contributed by atoms with Gasteiger partial charge in [-0.3, -0.25) is 4.79 Å². The van der Waals surface area contributed by atoms with Crippen LogP contribution in [0.25, 0.3) is 0 Å². The monoisotopic (exact) mass is 262 g/mol. The Balaban J connectivity index is 2.26. The Bertz CT molecular complexity index is 594.